The van der Waals surface area contributed by atoms with Crippen LogP contribution in [-0.4, -0.2) is 15.0 Å². The monoisotopic (exact) mass is 192 g/mol. The van der Waals surface area contributed by atoms with Gasteiger partial charge in [-0.25, -0.2) is 9.97 Å². The van der Waals surface area contributed by atoms with E-state index in [0.717, 1.165) is 16.3 Å². The predicted octanol–water partition coefficient (Wildman–Crippen LogP) is 1.49. The number of nitrogen functional groups attached to an aromatic ring is 1. The van der Waals surface area contributed by atoms with E-state index in [-0.39, 0.29) is 0 Å². The number of aromatic nitrogens is 3. The van der Waals surface area contributed by atoms with E-state index in [1.807, 2.05) is 6.92 Å². The molecular formula is C8H8N4S. The average Bonchev–Trinajstić information content (AvgIpc) is 2.52. The molecule has 66 valence electrons. The number of rotatable bonds is 1. The number of hydrogen-bond donors (Lipinski definition) is 1. The molecule has 0 aromatic carbocycles. The summed E-state index contributed by atoms with van der Waals surface area (Å²) < 4.78 is 0. The molecule has 0 saturated carbocycles. The van der Waals surface area contributed by atoms with E-state index in [2.05, 4.69) is 15.0 Å². The third-order valence-electron chi connectivity index (χ3n) is 1.53. The molecule has 4 nitrogen and oxygen atoms in total. The largest absolute Gasteiger partial charge is 0.375 e. The van der Waals surface area contributed by atoms with Crippen molar-refractivity contribution < 1.29 is 0 Å². The van der Waals surface area contributed by atoms with Crippen molar-refractivity contribution in [2.24, 2.45) is 0 Å². The van der Waals surface area contributed by atoms with E-state index in [1.54, 1.807) is 18.6 Å². The highest BCUT2D eigenvalue weighted by Crippen LogP contribution is 2.24. The van der Waals surface area contributed by atoms with Crippen LogP contribution in [0.1, 0.15) is 5.69 Å². The van der Waals surface area contributed by atoms with Crippen LogP contribution >= 0.6 is 11.3 Å². The Balaban J connectivity index is 2.46. The Hall–Kier alpha value is -1.49. The van der Waals surface area contributed by atoms with Gasteiger partial charge in [-0.05, 0) is 6.92 Å². The molecule has 0 saturated heterocycles. The maximum atomic E-state index is 5.51. The highest BCUT2D eigenvalue weighted by Gasteiger charge is 2.03. The van der Waals surface area contributed by atoms with Crippen LogP contribution in [0.15, 0.2) is 18.6 Å². The molecule has 0 fully saturated rings. The summed E-state index contributed by atoms with van der Waals surface area (Å²) >= 11 is 1.41. The molecule has 0 spiro atoms. The molecule has 2 aromatic heterocycles. The second-order valence-electron chi connectivity index (χ2n) is 2.61. The highest BCUT2D eigenvalue weighted by molar-refractivity contribution is 7.18. The van der Waals surface area contributed by atoms with Crippen LogP contribution in [0.3, 0.4) is 0 Å². The number of thiazole rings is 1. The van der Waals surface area contributed by atoms with Gasteiger partial charge in [0, 0.05) is 12.4 Å². The number of hydrogen-bond acceptors (Lipinski definition) is 5. The Bertz CT molecular complexity index is 424. The average molecular weight is 192 g/mol. The molecule has 0 bridgehead atoms. The topological polar surface area (TPSA) is 64.7 Å². The molecule has 2 N–H and O–H groups in total. The van der Waals surface area contributed by atoms with Crippen LogP contribution in [0.5, 0.6) is 0 Å². The molecule has 0 aliphatic heterocycles. The van der Waals surface area contributed by atoms with Crippen LogP contribution in [0, 0.1) is 6.92 Å². The number of anilines is 1. The normalized spacial score (nSPS) is 10.2. The molecule has 13 heavy (non-hydrogen) atoms. The predicted molar refractivity (Wildman–Crippen MR) is 52.3 cm³/mol. The number of nitrogens with two attached hydrogens (primary N) is 1. The van der Waals surface area contributed by atoms with Gasteiger partial charge in [0.25, 0.3) is 0 Å². The van der Waals surface area contributed by atoms with Crippen molar-refractivity contribution in [3.63, 3.8) is 0 Å². The molecule has 0 aliphatic rings. The van der Waals surface area contributed by atoms with Gasteiger partial charge in [-0.3, -0.25) is 4.98 Å². The van der Waals surface area contributed by atoms with E-state index in [9.17, 15) is 0 Å². The van der Waals surface area contributed by atoms with Gasteiger partial charge in [0.15, 0.2) is 5.13 Å². The molecule has 0 atom stereocenters. The summed E-state index contributed by atoms with van der Waals surface area (Å²) in [7, 11) is 0. The molecule has 0 radical (unpaired) electrons. The van der Waals surface area contributed by atoms with E-state index in [0.29, 0.717) is 5.13 Å². The third kappa shape index (κ3) is 1.65. The van der Waals surface area contributed by atoms with Crippen molar-refractivity contribution in [2.45, 2.75) is 6.92 Å². The summed E-state index contributed by atoms with van der Waals surface area (Å²) in [5.74, 6) is 0. The van der Waals surface area contributed by atoms with Crippen molar-refractivity contribution in [3.8, 4) is 10.6 Å². The van der Waals surface area contributed by atoms with Crippen LogP contribution in [0.2, 0.25) is 0 Å². The standard InChI is InChI=1S/C8H8N4S/c1-5-2-10-3-6(12-5)7-4-11-8(9)13-7/h2-4H,1H3,(H2,9,11). The fourth-order valence-corrected chi connectivity index (χ4v) is 1.63. The number of nitrogens with zero attached hydrogens (tertiary/aromatic N) is 3. The van der Waals surface area contributed by atoms with Crippen molar-refractivity contribution >= 4 is 16.5 Å². The van der Waals surface area contributed by atoms with Crippen molar-refractivity contribution in [1.29, 1.82) is 0 Å². The number of aryl methyl sites for hydroxylation is 1. The lowest BCUT2D eigenvalue weighted by atomic mass is 10.4. The van der Waals surface area contributed by atoms with Gasteiger partial charge in [-0.1, -0.05) is 11.3 Å². The van der Waals surface area contributed by atoms with E-state index in [1.165, 1.54) is 11.3 Å². The quantitative estimate of drug-likeness (QED) is 0.743. The maximum absolute atomic E-state index is 5.51. The minimum atomic E-state index is 0.554. The minimum absolute atomic E-state index is 0.554. The summed E-state index contributed by atoms with van der Waals surface area (Å²) in [6, 6.07) is 0. The first-order valence-corrected chi connectivity index (χ1v) is 4.57. The fraction of sp³-hybridized carbons (Fsp3) is 0.125. The smallest absolute Gasteiger partial charge is 0.180 e. The van der Waals surface area contributed by atoms with Gasteiger partial charge in [0.05, 0.1) is 16.8 Å². The first-order chi connectivity index (χ1) is 6.25. The molecule has 2 rings (SSSR count). The van der Waals surface area contributed by atoms with Gasteiger partial charge in [0.2, 0.25) is 0 Å². The van der Waals surface area contributed by atoms with Crippen LogP contribution in [0.25, 0.3) is 10.6 Å². The van der Waals surface area contributed by atoms with Crippen molar-refractivity contribution in [2.75, 3.05) is 5.73 Å². The summed E-state index contributed by atoms with van der Waals surface area (Å²) in [5.41, 5.74) is 7.23. The molecule has 0 amide bonds. The lowest BCUT2D eigenvalue weighted by Crippen LogP contribution is -1.86. The third-order valence-corrected chi connectivity index (χ3v) is 2.38. The second kappa shape index (κ2) is 3.10. The zero-order valence-electron chi connectivity index (χ0n) is 7.06. The summed E-state index contributed by atoms with van der Waals surface area (Å²) in [4.78, 5) is 13.3. The van der Waals surface area contributed by atoms with Gasteiger partial charge >= 0.3 is 0 Å². The lowest BCUT2D eigenvalue weighted by molar-refractivity contribution is 1.13. The Morgan fingerprint density at radius 2 is 2.15 bits per heavy atom. The fourth-order valence-electron chi connectivity index (χ4n) is 0.988. The molecular weight excluding hydrogens is 184 g/mol. The van der Waals surface area contributed by atoms with Crippen LogP contribution < -0.4 is 5.73 Å². The molecule has 0 aliphatic carbocycles. The van der Waals surface area contributed by atoms with Crippen LogP contribution in [0.4, 0.5) is 5.13 Å². The van der Waals surface area contributed by atoms with Gasteiger partial charge < -0.3 is 5.73 Å². The summed E-state index contributed by atoms with van der Waals surface area (Å²) in [5, 5.41) is 0.554. The molecule has 2 aromatic rings. The Morgan fingerprint density at radius 1 is 1.31 bits per heavy atom. The van der Waals surface area contributed by atoms with E-state index < -0.39 is 0 Å². The minimum Gasteiger partial charge on any atom is -0.375 e. The first kappa shape index (κ1) is 8.12. The van der Waals surface area contributed by atoms with Gasteiger partial charge in [-0.15, -0.1) is 0 Å². The molecule has 2 heterocycles. The Morgan fingerprint density at radius 3 is 2.77 bits per heavy atom. The van der Waals surface area contributed by atoms with Crippen molar-refractivity contribution in [1.82, 2.24) is 15.0 Å². The molecule has 0 unspecified atom stereocenters. The van der Waals surface area contributed by atoms with Gasteiger partial charge in [0.1, 0.15) is 5.69 Å². The lowest BCUT2D eigenvalue weighted by Gasteiger charge is -1.95. The SMILES string of the molecule is Cc1cncc(-c2cnc(N)s2)n1. The van der Waals surface area contributed by atoms with Gasteiger partial charge in [-0.2, -0.15) is 0 Å². The highest BCUT2D eigenvalue weighted by atomic mass is 32.1. The first-order valence-electron chi connectivity index (χ1n) is 3.76. The second-order valence-corrected chi connectivity index (χ2v) is 3.67. The summed E-state index contributed by atoms with van der Waals surface area (Å²) in [6.07, 6.45) is 5.14. The summed E-state index contributed by atoms with van der Waals surface area (Å²) in [6.45, 7) is 1.90. The zero-order valence-corrected chi connectivity index (χ0v) is 7.88. The Kier molecular flexibility index (Phi) is 1.94. The maximum Gasteiger partial charge on any atom is 0.180 e. The zero-order chi connectivity index (χ0) is 9.26. The Labute approximate surface area is 79.5 Å². The van der Waals surface area contributed by atoms with E-state index in [4.69, 9.17) is 5.73 Å². The van der Waals surface area contributed by atoms with Crippen molar-refractivity contribution in [3.05, 3.63) is 24.3 Å². The van der Waals surface area contributed by atoms with Crippen LogP contribution in [-0.2, 0) is 0 Å². The van der Waals surface area contributed by atoms with E-state index >= 15 is 0 Å². The molecule has 5 heteroatoms.